The maximum atomic E-state index is 11.3. The Bertz CT molecular complexity index is 447. The van der Waals surface area contributed by atoms with E-state index in [0.717, 1.165) is 37.3 Å². The summed E-state index contributed by atoms with van der Waals surface area (Å²) in [6.45, 7) is 6.12. The fourth-order valence-electron chi connectivity index (χ4n) is 2.57. The number of nitrogens with zero attached hydrogens (tertiary/aromatic N) is 2. The first kappa shape index (κ1) is 13.0. The number of piperidine rings is 1. The van der Waals surface area contributed by atoms with E-state index in [1.807, 2.05) is 32.0 Å². The molecular weight excluding hydrogens is 228 g/mol. The molecule has 0 bridgehead atoms. The van der Waals surface area contributed by atoms with Crippen molar-refractivity contribution < 1.29 is 9.90 Å². The van der Waals surface area contributed by atoms with Crippen molar-refractivity contribution in [3.05, 3.63) is 29.6 Å². The number of hydrogen-bond donors (Lipinski definition) is 1. The van der Waals surface area contributed by atoms with Crippen molar-refractivity contribution in [2.45, 2.75) is 33.2 Å². The van der Waals surface area contributed by atoms with Crippen molar-refractivity contribution in [3.8, 4) is 0 Å². The molecule has 1 aliphatic heterocycles. The Hall–Kier alpha value is -1.42. The van der Waals surface area contributed by atoms with E-state index in [4.69, 9.17) is 0 Å². The van der Waals surface area contributed by atoms with Gasteiger partial charge in [-0.1, -0.05) is 6.07 Å². The average molecular weight is 248 g/mol. The lowest BCUT2D eigenvalue weighted by molar-refractivity contribution is -0.151. The van der Waals surface area contributed by atoms with Crippen molar-refractivity contribution in [2.24, 2.45) is 5.41 Å². The first-order chi connectivity index (χ1) is 8.49. The number of carbonyl (C=O) groups is 1. The molecule has 1 aliphatic rings. The lowest BCUT2D eigenvalue weighted by atomic mass is 9.82. The number of pyridine rings is 1. The number of carboxylic acid groups (broad SMARTS) is 1. The zero-order valence-electron chi connectivity index (χ0n) is 11.0. The van der Waals surface area contributed by atoms with Gasteiger partial charge in [-0.05, 0) is 45.4 Å². The van der Waals surface area contributed by atoms with Gasteiger partial charge in [-0.2, -0.15) is 0 Å². The molecule has 1 aromatic rings. The summed E-state index contributed by atoms with van der Waals surface area (Å²) < 4.78 is 0. The van der Waals surface area contributed by atoms with Crippen LogP contribution < -0.4 is 0 Å². The van der Waals surface area contributed by atoms with Crippen LogP contribution in [0, 0.1) is 12.3 Å². The maximum Gasteiger partial charge on any atom is 0.310 e. The number of aliphatic carboxylic acids is 1. The maximum absolute atomic E-state index is 11.3. The third-order valence-electron chi connectivity index (χ3n) is 3.62. The van der Waals surface area contributed by atoms with E-state index < -0.39 is 11.4 Å². The summed E-state index contributed by atoms with van der Waals surface area (Å²) in [4.78, 5) is 18.0. The number of hydrogen-bond acceptors (Lipinski definition) is 3. The Kier molecular flexibility index (Phi) is 3.66. The van der Waals surface area contributed by atoms with E-state index in [0.29, 0.717) is 6.54 Å². The average Bonchev–Trinajstić information content (AvgIpc) is 2.29. The van der Waals surface area contributed by atoms with Crippen molar-refractivity contribution in [1.29, 1.82) is 0 Å². The number of rotatable bonds is 3. The van der Waals surface area contributed by atoms with Gasteiger partial charge in [-0.25, -0.2) is 0 Å². The number of carboxylic acids is 1. The monoisotopic (exact) mass is 248 g/mol. The predicted molar refractivity (Wildman–Crippen MR) is 69.2 cm³/mol. The van der Waals surface area contributed by atoms with Gasteiger partial charge in [0.05, 0.1) is 11.1 Å². The van der Waals surface area contributed by atoms with Crippen LogP contribution in [0.3, 0.4) is 0 Å². The first-order valence-electron chi connectivity index (χ1n) is 6.38. The molecule has 2 rings (SSSR count). The Balaban J connectivity index is 2.04. The van der Waals surface area contributed by atoms with Crippen LogP contribution in [-0.2, 0) is 11.3 Å². The third kappa shape index (κ3) is 2.88. The van der Waals surface area contributed by atoms with E-state index in [-0.39, 0.29) is 0 Å². The van der Waals surface area contributed by atoms with Crippen LogP contribution in [0.2, 0.25) is 0 Å². The molecule has 4 nitrogen and oxygen atoms in total. The van der Waals surface area contributed by atoms with Crippen molar-refractivity contribution in [2.75, 3.05) is 13.1 Å². The predicted octanol–water partition coefficient (Wildman–Crippen LogP) is 2.08. The summed E-state index contributed by atoms with van der Waals surface area (Å²) in [7, 11) is 0. The molecule has 1 aromatic heterocycles. The highest BCUT2D eigenvalue weighted by Crippen LogP contribution is 2.30. The van der Waals surface area contributed by atoms with Crippen LogP contribution in [-0.4, -0.2) is 34.0 Å². The van der Waals surface area contributed by atoms with Crippen LogP contribution in [0.5, 0.6) is 0 Å². The summed E-state index contributed by atoms with van der Waals surface area (Å²) in [5.41, 5.74) is 1.41. The topological polar surface area (TPSA) is 53.4 Å². The second kappa shape index (κ2) is 5.06. The SMILES string of the molecule is Cc1cccc(CN2CCCC(C)(C(=O)O)C2)n1. The molecule has 1 N–H and O–H groups in total. The second-order valence-corrected chi connectivity index (χ2v) is 5.45. The number of likely N-dealkylation sites (tertiary alicyclic amines) is 1. The highest BCUT2D eigenvalue weighted by molar-refractivity contribution is 5.74. The highest BCUT2D eigenvalue weighted by Gasteiger charge is 2.37. The molecule has 18 heavy (non-hydrogen) atoms. The summed E-state index contributed by atoms with van der Waals surface area (Å²) >= 11 is 0. The molecule has 1 unspecified atom stereocenters. The zero-order valence-corrected chi connectivity index (χ0v) is 11.0. The molecule has 2 heterocycles. The van der Waals surface area contributed by atoms with E-state index >= 15 is 0 Å². The summed E-state index contributed by atoms with van der Waals surface area (Å²) in [6.07, 6.45) is 1.70. The second-order valence-electron chi connectivity index (χ2n) is 5.45. The smallest absolute Gasteiger partial charge is 0.310 e. The molecular formula is C14H20N2O2. The van der Waals surface area contributed by atoms with Crippen LogP contribution in [0.1, 0.15) is 31.2 Å². The summed E-state index contributed by atoms with van der Waals surface area (Å²) in [5.74, 6) is -0.690. The first-order valence-corrected chi connectivity index (χ1v) is 6.38. The Labute approximate surface area is 108 Å². The molecule has 0 amide bonds. The van der Waals surface area contributed by atoms with Gasteiger partial charge in [-0.3, -0.25) is 14.7 Å². The van der Waals surface area contributed by atoms with Gasteiger partial charge in [0.15, 0.2) is 0 Å². The van der Waals surface area contributed by atoms with Gasteiger partial charge in [-0.15, -0.1) is 0 Å². The van der Waals surface area contributed by atoms with Gasteiger partial charge in [0.25, 0.3) is 0 Å². The zero-order chi connectivity index (χ0) is 13.2. The molecule has 4 heteroatoms. The van der Waals surface area contributed by atoms with Crippen LogP contribution >= 0.6 is 0 Å². The fraction of sp³-hybridized carbons (Fsp3) is 0.571. The minimum absolute atomic E-state index is 0.609. The number of aryl methyl sites for hydroxylation is 1. The van der Waals surface area contributed by atoms with Gasteiger partial charge in [0.1, 0.15) is 0 Å². The lowest BCUT2D eigenvalue weighted by Crippen LogP contribution is -2.45. The van der Waals surface area contributed by atoms with Gasteiger partial charge in [0.2, 0.25) is 0 Å². The molecule has 0 radical (unpaired) electrons. The van der Waals surface area contributed by atoms with Gasteiger partial charge < -0.3 is 5.11 Å². The standard InChI is InChI=1S/C14H20N2O2/c1-11-5-3-6-12(15-11)9-16-8-4-7-14(2,10-16)13(17)18/h3,5-6H,4,7-10H2,1-2H3,(H,17,18). The van der Waals surface area contributed by atoms with E-state index in [1.165, 1.54) is 0 Å². The number of aromatic nitrogens is 1. The van der Waals surface area contributed by atoms with Crippen LogP contribution in [0.4, 0.5) is 0 Å². The molecule has 0 aromatic carbocycles. The van der Waals surface area contributed by atoms with Crippen molar-refractivity contribution in [3.63, 3.8) is 0 Å². The van der Waals surface area contributed by atoms with Gasteiger partial charge in [0, 0.05) is 18.8 Å². The fourth-order valence-corrected chi connectivity index (χ4v) is 2.57. The minimum atomic E-state index is -0.690. The Morgan fingerprint density at radius 1 is 1.56 bits per heavy atom. The van der Waals surface area contributed by atoms with Crippen LogP contribution in [0.15, 0.2) is 18.2 Å². The third-order valence-corrected chi connectivity index (χ3v) is 3.62. The molecule has 1 atom stereocenters. The van der Waals surface area contributed by atoms with Crippen molar-refractivity contribution >= 4 is 5.97 Å². The normalized spacial score (nSPS) is 25.0. The molecule has 0 aliphatic carbocycles. The molecule has 0 saturated carbocycles. The van der Waals surface area contributed by atoms with Crippen LogP contribution in [0.25, 0.3) is 0 Å². The van der Waals surface area contributed by atoms with E-state index in [9.17, 15) is 9.90 Å². The molecule has 0 spiro atoms. The Morgan fingerprint density at radius 3 is 3.00 bits per heavy atom. The summed E-state index contributed by atoms with van der Waals surface area (Å²) in [6, 6.07) is 5.97. The highest BCUT2D eigenvalue weighted by atomic mass is 16.4. The lowest BCUT2D eigenvalue weighted by Gasteiger charge is -2.37. The quantitative estimate of drug-likeness (QED) is 0.889. The molecule has 98 valence electrons. The largest absolute Gasteiger partial charge is 0.481 e. The van der Waals surface area contributed by atoms with Crippen molar-refractivity contribution in [1.82, 2.24) is 9.88 Å². The summed E-state index contributed by atoms with van der Waals surface area (Å²) in [5, 5.41) is 9.28. The molecule has 1 saturated heterocycles. The molecule has 1 fully saturated rings. The van der Waals surface area contributed by atoms with Gasteiger partial charge >= 0.3 is 5.97 Å². The minimum Gasteiger partial charge on any atom is -0.481 e. The Morgan fingerprint density at radius 2 is 2.33 bits per heavy atom. The van der Waals surface area contributed by atoms with E-state index in [2.05, 4.69) is 9.88 Å². The van der Waals surface area contributed by atoms with E-state index in [1.54, 1.807) is 0 Å².